The summed E-state index contributed by atoms with van der Waals surface area (Å²) < 4.78 is 6.92. The number of esters is 1. The van der Waals surface area contributed by atoms with Crippen molar-refractivity contribution in [2.24, 2.45) is 0 Å². The van der Waals surface area contributed by atoms with Crippen LogP contribution < -0.4 is 5.32 Å². The van der Waals surface area contributed by atoms with Gasteiger partial charge >= 0.3 is 5.97 Å². The maximum absolute atomic E-state index is 12.2. The summed E-state index contributed by atoms with van der Waals surface area (Å²) in [5.41, 5.74) is 2.45. The number of rotatable bonds is 4. The van der Waals surface area contributed by atoms with Crippen molar-refractivity contribution in [1.29, 1.82) is 0 Å². The fraction of sp³-hybridized carbons (Fsp3) is 0.0952. The van der Waals surface area contributed by atoms with E-state index in [0.29, 0.717) is 11.3 Å². The van der Waals surface area contributed by atoms with Crippen LogP contribution in [-0.4, -0.2) is 27.9 Å². The Kier molecular flexibility index (Phi) is 4.30. The zero-order chi connectivity index (χ0) is 18.8. The Morgan fingerprint density at radius 1 is 1.04 bits per heavy atom. The molecule has 0 radical (unpaired) electrons. The summed E-state index contributed by atoms with van der Waals surface area (Å²) in [4.78, 5) is 28.7. The molecule has 0 aliphatic carbocycles. The van der Waals surface area contributed by atoms with Crippen molar-refractivity contribution in [1.82, 2.24) is 9.38 Å². The monoisotopic (exact) mass is 359 g/mol. The highest BCUT2D eigenvalue weighted by Gasteiger charge is 2.15. The number of imidazole rings is 1. The Morgan fingerprint density at radius 2 is 1.81 bits per heavy atom. The summed E-state index contributed by atoms with van der Waals surface area (Å²) in [7, 11) is 0. The van der Waals surface area contributed by atoms with E-state index in [1.807, 2.05) is 61.5 Å². The summed E-state index contributed by atoms with van der Waals surface area (Å²) in [6, 6.07) is 19.0. The molecule has 0 fully saturated rings. The third kappa shape index (κ3) is 3.37. The van der Waals surface area contributed by atoms with Gasteiger partial charge in [-0.05, 0) is 30.5 Å². The van der Waals surface area contributed by atoms with E-state index >= 15 is 0 Å². The van der Waals surface area contributed by atoms with Gasteiger partial charge < -0.3 is 14.5 Å². The highest BCUT2D eigenvalue weighted by molar-refractivity contribution is 6.03. The lowest BCUT2D eigenvalue weighted by Crippen LogP contribution is -2.21. The molecule has 27 heavy (non-hydrogen) atoms. The van der Waals surface area contributed by atoms with Crippen LogP contribution in [0.15, 0.2) is 66.9 Å². The molecule has 0 bridgehead atoms. The Hall–Kier alpha value is -3.67. The molecule has 2 heterocycles. The van der Waals surface area contributed by atoms with Gasteiger partial charge in [-0.1, -0.05) is 42.5 Å². The summed E-state index contributed by atoms with van der Waals surface area (Å²) in [5, 5.41) is 4.73. The number of carbonyl (C=O) groups is 2. The van der Waals surface area contributed by atoms with Crippen molar-refractivity contribution in [3.05, 3.63) is 78.2 Å². The van der Waals surface area contributed by atoms with Crippen molar-refractivity contribution < 1.29 is 14.3 Å². The number of aryl methyl sites for hydroxylation is 1. The fourth-order valence-electron chi connectivity index (χ4n) is 2.97. The molecule has 134 valence electrons. The van der Waals surface area contributed by atoms with Gasteiger partial charge in [-0.3, -0.25) is 4.79 Å². The van der Waals surface area contributed by atoms with E-state index in [1.54, 1.807) is 16.7 Å². The van der Waals surface area contributed by atoms with Gasteiger partial charge in [-0.15, -0.1) is 0 Å². The molecule has 0 spiro atoms. The van der Waals surface area contributed by atoms with E-state index in [0.717, 1.165) is 16.5 Å². The summed E-state index contributed by atoms with van der Waals surface area (Å²) in [6.07, 6.45) is 1.61. The lowest BCUT2D eigenvalue weighted by molar-refractivity contribution is -0.119. The quantitative estimate of drug-likeness (QED) is 0.565. The second-order valence-corrected chi connectivity index (χ2v) is 6.17. The molecule has 1 amide bonds. The van der Waals surface area contributed by atoms with Crippen LogP contribution in [0.2, 0.25) is 0 Å². The average Bonchev–Trinajstić information content (AvgIpc) is 3.12. The lowest BCUT2D eigenvalue weighted by atomic mass is 10.1. The van der Waals surface area contributed by atoms with E-state index in [2.05, 4.69) is 10.3 Å². The first-order valence-corrected chi connectivity index (χ1v) is 8.51. The van der Waals surface area contributed by atoms with Crippen LogP contribution in [0.3, 0.4) is 0 Å². The first-order chi connectivity index (χ1) is 13.1. The summed E-state index contributed by atoms with van der Waals surface area (Å²) in [5.74, 6) is -1.04. The summed E-state index contributed by atoms with van der Waals surface area (Å²) >= 11 is 0. The van der Waals surface area contributed by atoms with E-state index in [-0.39, 0.29) is 12.3 Å². The fourth-order valence-corrected chi connectivity index (χ4v) is 2.97. The van der Waals surface area contributed by atoms with Gasteiger partial charge in [0, 0.05) is 23.0 Å². The number of nitrogens with zero attached hydrogens (tertiary/aromatic N) is 2. The molecule has 4 rings (SSSR count). The second-order valence-electron chi connectivity index (χ2n) is 6.17. The van der Waals surface area contributed by atoms with E-state index in [1.165, 1.54) is 0 Å². The molecule has 0 saturated heterocycles. The van der Waals surface area contributed by atoms with Crippen LogP contribution in [0.5, 0.6) is 0 Å². The Morgan fingerprint density at radius 3 is 2.67 bits per heavy atom. The highest BCUT2D eigenvalue weighted by atomic mass is 16.5. The highest BCUT2D eigenvalue weighted by Crippen LogP contribution is 2.22. The third-order valence-corrected chi connectivity index (χ3v) is 4.30. The van der Waals surface area contributed by atoms with Crippen molar-refractivity contribution >= 4 is 34.0 Å². The molecule has 2 aromatic heterocycles. The molecule has 6 nitrogen and oxygen atoms in total. The molecule has 0 atom stereocenters. The standard InChI is InChI=1S/C21H17N3O3/c1-14-6-4-11-19-22-18(12-24(14)19)21(26)27-13-20(25)23-17-10-5-8-15-7-2-3-9-16(15)17/h2-12H,13H2,1H3,(H,23,25). The first kappa shape index (κ1) is 16.8. The number of anilines is 1. The molecule has 0 unspecified atom stereocenters. The van der Waals surface area contributed by atoms with Gasteiger partial charge in [-0.2, -0.15) is 0 Å². The van der Waals surface area contributed by atoms with Gasteiger partial charge in [0.15, 0.2) is 12.3 Å². The largest absolute Gasteiger partial charge is 0.451 e. The Labute approximate surface area is 155 Å². The van der Waals surface area contributed by atoms with Gasteiger partial charge in [0.2, 0.25) is 0 Å². The number of aromatic nitrogens is 2. The van der Waals surface area contributed by atoms with Crippen LogP contribution >= 0.6 is 0 Å². The van der Waals surface area contributed by atoms with Gasteiger partial charge in [-0.25, -0.2) is 9.78 Å². The number of pyridine rings is 1. The van der Waals surface area contributed by atoms with Crippen molar-refractivity contribution in [3.63, 3.8) is 0 Å². The average molecular weight is 359 g/mol. The molecule has 0 aliphatic heterocycles. The number of hydrogen-bond donors (Lipinski definition) is 1. The molecular weight excluding hydrogens is 342 g/mol. The minimum absolute atomic E-state index is 0.169. The smallest absolute Gasteiger partial charge is 0.359 e. The molecular formula is C21H17N3O3. The molecule has 0 aliphatic rings. The number of nitrogens with one attached hydrogen (secondary N) is 1. The number of ether oxygens (including phenoxy) is 1. The molecule has 0 saturated carbocycles. The second kappa shape index (κ2) is 6.92. The van der Waals surface area contributed by atoms with Crippen LogP contribution in [0.4, 0.5) is 5.69 Å². The van der Waals surface area contributed by atoms with E-state index in [9.17, 15) is 9.59 Å². The number of fused-ring (bicyclic) bond motifs is 2. The predicted octanol–water partition coefficient (Wildman–Crippen LogP) is 3.59. The number of hydrogen-bond acceptors (Lipinski definition) is 4. The Bertz CT molecular complexity index is 1160. The van der Waals surface area contributed by atoms with E-state index in [4.69, 9.17) is 4.74 Å². The van der Waals surface area contributed by atoms with Crippen LogP contribution in [0.1, 0.15) is 16.2 Å². The molecule has 2 aromatic carbocycles. The van der Waals surface area contributed by atoms with Crippen molar-refractivity contribution in [3.8, 4) is 0 Å². The molecule has 1 N–H and O–H groups in total. The third-order valence-electron chi connectivity index (χ3n) is 4.30. The van der Waals surface area contributed by atoms with Gasteiger partial charge in [0.1, 0.15) is 5.65 Å². The molecule has 4 aromatic rings. The van der Waals surface area contributed by atoms with Gasteiger partial charge in [0.05, 0.1) is 0 Å². The van der Waals surface area contributed by atoms with Crippen molar-refractivity contribution in [2.75, 3.05) is 11.9 Å². The van der Waals surface area contributed by atoms with Crippen molar-refractivity contribution in [2.45, 2.75) is 6.92 Å². The zero-order valence-corrected chi connectivity index (χ0v) is 14.7. The zero-order valence-electron chi connectivity index (χ0n) is 14.7. The molecule has 6 heteroatoms. The normalized spacial score (nSPS) is 10.9. The first-order valence-electron chi connectivity index (χ1n) is 8.51. The topological polar surface area (TPSA) is 72.7 Å². The van der Waals surface area contributed by atoms with Crippen LogP contribution in [0.25, 0.3) is 16.4 Å². The van der Waals surface area contributed by atoms with E-state index < -0.39 is 11.9 Å². The van der Waals surface area contributed by atoms with Crippen LogP contribution in [-0.2, 0) is 9.53 Å². The minimum Gasteiger partial charge on any atom is -0.451 e. The predicted molar refractivity (Wildman–Crippen MR) is 103 cm³/mol. The number of benzene rings is 2. The minimum atomic E-state index is -0.633. The summed E-state index contributed by atoms with van der Waals surface area (Å²) in [6.45, 7) is 1.54. The SMILES string of the molecule is Cc1cccc2nc(C(=O)OCC(=O)Nc3cccc4ccccc34)cn12. The number of amides is 1. The lowest BCUT2D eigenvalue weighted by Gasteiger charge is -2.08. The maximum Gasteiger partial charge on any atom is 0.359 e. The maximum atomic E-state index is 12.2. The van der Waals surface area contributed by atoms with Gasteiger partial charge in [0.25, 0.3) is 5.91 Å². The number of carbonyl (C=O) groups excluding carboxylic acids is 2. The Balaban J connectivity index is 1.44. The van der Waals surface area contributed by atoms with Crippen LogP contribution in [0, 0.1) is 6.92 Å².